The number of fused-ring (bicyclic) bond motifs is 1. The molecule has 1 aromatic carbocycles. The van der Waals surface area contributed by atoms with Crippen molar-refractivity contribution >= 4 is 28.2 Å². The molecule has 2 heterocycles. The van der Waals surface area contributed by atoms with E-state index < -0.39 is 0 Å². The summed E-state index contributed by atoms with van der Waals surface area (Å²) in [4.78, 5) is 8.10. The highest BCUT2D eigenvalue weighted by atomic mass is 35.5. The van der Waals surface area contributed by atoms with E-state index in [0.717, 1.165) is 16.5 Å². The predicted molar refractivity (Wildman–Crippen MR) is 73.4 cm³/mol. The van der Waals surface area contributed by atoms with Crippen molar-refractivity contribution < 1.29 is 0 Å². The van der Waals surface area contributed by atoms with Crippen LogP contribution < -0.4 is 5.73 Å². The van der Waals surface area contributed by atoms with E-state index in [2.05, 4.69) is 16.0 Å². The minimum atomic E-state index is 0.201. The number of hydrogen-bond acceptors (Lipinski definition) is 3. The fourth-order valence-electron chi connectivity index (χ4n) is 2.12. The van der Waals surface area contributed by atoms with Gasteiger partial charge >= 0.3 is 0 Å². The van der Waals surface area contributed by atoms with Crippen LogP contribution in [0.3, 0.4) is 0 Å². The van der Waals surface area contributed by atoms with Gasteiger partial charge in [-0.25, -0.2) is 9.97 Å². The number of anilines is 1. The van der Waals surface area contributed by atoms with E-state index in [0.29, 0.717) is 11.4 Å². The fourth-order valence-corrected chi connectivity index (χ4v) is 2.25. The van der Waals surface area contributed by atoms with Crippen molar-refractivity contribution in [3.63, 3.8) is 0 Å². The highest BCUT2D eigenvalue weighted by Crippen LogP contribution is 2.32. The van der Waals surface area contributed by atoms with Gasteiger partial charge in [0.2, 0.25) is 5.28 Å². The number of rotatable bonds is 1. The lowest BCUT2D eigenvalue weighted by Gasteiger charge is -2.02. The number of halogens is 1. The Hall–Kier alpha value is -2.07. The normalized spacial score (nSPS) is 11.0. The number of aromatic nitrogens is 3. The van der Waals surface area contributed by atoms with Crippen LogP contribution in [0, 0.1) is 0 Å². The largest absolute Gasteiger partial charge is 0.396 e. The van der Waals surface area contributed by atoms with Gasteiger partial charge in [-0.2, -0.15) is 0 Å². The summed E-state index contributed by atoms with van der Waals surface area (Å²) in [6.45, 7) is 0. The quantitative estimate of drug-likeness (QED) is 0.683. The summed E-state index contributed by atoms with van der Waals surface area (Å²) in [5.74, 6) is 0. The first-order valence-electron chi connectivity index (χ1n) is 5.49. The molecule has 5 heteroatoms. The van der Waals surface area contributed by atoms with Crippen molar-refractivity contribution in [1.29, 1.82) is 0 Å². The lowest BCUT2D eigenvalue weighted by atomic mass is 10.1. The van der Waals surface area contributed by atoms with E-state index in [9.17, 15) is 0 Å². The molecule has 0 spiro atoms. The first kappa shape index (κ1) is 11.0. The highest BCUT2D eigenvalue weighted by Gasteiger charge is 2.12. The zero-order valence-electron chi connectivity index (χ0n) is 9.76. The maximum absolute atomic E-state index is 5.93. The number of nitrogens with zero attached hydrogens (tertiary/aromatic N) is 3. The first-order valence-corrected chi connectivity index (χ1v) is 5.87. The maximum Gasteiger partial charge on any atom is 0.223 e. The molecule has 0 saturated heterocycles. The molecule has 18 heavy (non-hydrogen) atoms. The Morgan fingerprint density at radius 3 is 2.89 bits per heavy atom. The second-order valence-electron chi connectivity index (χ2n) is 4.11. The van der Waals surface area contributed by atoms with Crippen LogP contribution in [0.2, 0.25) is 5.28 Å². The lowest BCUT2D eigenvalue weighted by Crippen LogP contribution is -1.95. The molecular formula is C13H11ClN4. The van der Waals surface area contributed by atoms with Gasteiger partial charge in [-0.15, -0.1) is 0 Å². The van der Waals surface area contributed by atoms with Crippen LogP contribution in [-0.4, -0.2) is 14.5 Å². The lowest BCUT2D eigenvalue weighted by molar-refractivity contribution is 0.969. The molecule has 0 bridgehead atoms. The second-order valence-corrected chi connectivity index (χ2v) is 4.45. The Balaban J connectivity index is 2.35. The van der Waals surface area contributed by atoms with E-state index in [-0.39, 0.29) is 5.28 Å². The van der Waals surface area contributed by atoms with Gasteiger partial charge in [-0.3, -0.25) is 0 Å². The van der Waals surface area contributed by atoms with E-state index in [1.54, 1.807) is 0 Å². The Labute approximate surface area is 109 Å². The molecule has 0 aliphatic heterocycles. The predicted octanol–water partition coefficient (Wildman–Crippen LogP) is 2.87. The van der Waals surface area contributed by atoms with Crippen molar-refractivity contribution in [3.8, 4) is 11.3 Å². The minimum absolute atomic E-state index is 0.201. The Morgan fingerprint density at radius 2 is 2.06 bits per heavy atom. The van der Waals surface area contributed by atoms with Crippen LogP contribution in [0.1, 0.15) is 0 Å². The molecule has 0 saturated carbocycles. The minimum Gasteiger partial charge on any atom is -0.396 e. The molecule has 0 fully saturated rings. The molecule has 4 nitrogen and oxygen atoms in total. The average Bonchev–Trinajstić information content (AvgIpc) is 2.71. The molecule has 2 N–H and O–H groups in total. The molecule has 3 aromatic rings. The zero-order chi connectivity index (χ0) is 12.7. The van der Waals surface area contributed by atoms with Crippen molar-refractivity contribution in [2.24, 2.45) is 7.05 Å². The topological polar surface area (TPSA) is 56.7 Å². The van der Waals surface area contributed by atoms with E-state index in [1.807, 2.05) is 36.0 Å². The Kier molecular flexibility index (Phi) is 2.45. The molecule has 0 aliphatic carbocycles. The summed E-state index contributed by atoms with van der Waals surface area (Å²) in [6.07, 6.45) is 3.53. The SMILES string of the molecule is Cn1cc(-c2nc(Cl)ncc2N)c2ccccc21. The summed E-state index contributed by atoms with van der Waals surface area (Å²) in [6, 6.07) is 8.09. The van der Waals surface area contributed by atoms with Gasteiger partial charge < -0.3 is 10.3 Å². The second kappa shape index (κ2) is 3.99. The van der Waals surface area contributed by atoms with Crippen LogP contribution in [0.4, 0.5) is 5.69 Å². The fraction of sp³-hybridized carbons (Fsp3) is 0.0769. The number of nitrogen functional groups attached to an aromatic ring is 1. The molecule has 0 aliphatic rings. The molecule has 2 aromatic heterocycles. The molecule has 0 unspecified atom stereocenters. The van der Waals surface area contributed by atoms with Gasteiger partial charge in [0.1, 0.15) is 5.69 Å². The first-order chi connectivity index (χ1) is 8.66. The smallest absolute Gasteiger partial charge is 0.223 e. The maximum atomic E-state index is 5.93. The van der Waals surface area contributed by atoms with Crippen molar-refractivity contribution in [3.05, 3.63) is 41.9 Å². The summed E-state index contributed by atoms with van der Waals surface area (Å²) < 4.78 is 2.04. The third-order valence-corrected chi connectivity index (χ3v) is 3.12. The zero-order valence-corrected chi connectivity index (χ0v) is 10.5. The number of benzene rings is 1. The molecule has 0 atom stereocenters. The Morgan fingerprint density at radius 1 is 1.28 bits per heavy atom. The number of aryl methyl sites for hydroxylation is 1. The average molecular weight is 259 g/mol. The van der Waals surface area contributed by atoms with Gasteiger partial charge in [-0.1, -0.05) is 18.2 Å². The van der Waals surface area contributed by atoms with E-state index >= 15 is 0 Å². The molecule has 0 amide bonds. The van der Waals surface area contributed by atoms with E-state index in [1.165, 1.54) is 6.20 Å². The Bertz CT molecular complexity index is 733. The van der Waals surface area contributed by atoms with Crippen molar-refractivity contribution in [2.45, 2.75) is 0 Å². The number of nitrogens with two attached hydrogens (primary N) is 1. The van der Waals surface area contributed by atoms with Crippen molar-refractivity contribution in [1.82, 2.24) is 14.5 Å². The summed E-state index contributed by atoms with van der Waals surface area (Å²) in [5.41, 5.74) is 9.22. The van der Waals surface area contributed by atoms with Crippen LogP contribution in [0.5, 0.6) is 0 Å². The van der Waals surface area contributed by atoms with Crippen LogP contribution in [-0.2, 0) is 7.05 Å². The highest BCUT2D eigenvalue weighted by molar-refractivity contribution is 6.28. The monoisotopic (exact) mass is 258 g/mol. The summed E-state index contributed by atoms with van der Waals surface area (Å²) >= 11 is 5.84. The molecule has 90 valence electrons. The number of hydrogen-bond donors (Lipinski definition) is 1. The molecular weight excluding hydrogens is 248 g/mol. The van der Waals surface area contributed by atoms with Crippen LogP contribution in [0.25, 0.3) is 22.2 Å². The van der Waals surface area contributed by atoms with Crippen molar-refractivity contribution in [2.75, 3.05) is 5.73 Å². The molecule has 0 radical (unpaired) electrons. The third-order valence-electron chi connectivity index (χ3n) is 2.94. The van der Waals surface area contributed by atoms with Gasteiger partial charge in [0, 0.05) is 29.7 Å². The summed E-state index contributed by atoms with van der Waals surface area (Å²) in [7, 11) is 1.99. The number of para-hydroxylation sites is 1. The van der Waals surface area contributed by atoms with Crippen LogP contribution in [0.15, 0.2) is 36.7 Å². The van der Waals surface area contributed by atoms with Gasteiger partial charge in [0.15, 0.2) is 0 Å². The van der Waals surface area contributed by atoms with Gasteiger partial charge in [-0.05, 0) is 17.7 Å². The molecule has 3 rings (SSSR count). The van der Waals surface area contributed by atoms with E-state index in [4.69, 9.17) is 17.3 Å². The van der Waals surface area contributed by atoms with Crippen LogP contribution >= 0.6 is 11.6 Å². The standard InChI is InChI=1S/C13H11ClN4/c1-18-7-9(8-4-2-3-5-11(8)18)12-10(15)6-16-13(14)17-12/h2-7H,15H2,1H3. The van der Waals surface area contributed by atoms with Gasteiger partial charge in [0.05, 0.1) is 11.9 Å². The third kappa shape index (κ3) is 1.62. The van der Waals surface area contributed by atoms with Gasteiger partial charge in [0.25, 0.3) is 0 Å². The summed E-state index contributed by atoms with van der Waals surface area (Å²) in [5, 5.41) is 1.30.